The zero-order chi connectivity index (χ0) is 21.0. The zero-order valence-electron chi connectivity index (χ0n) is 17.1. The molecule has 0 spiro atoms. The van der Waals surface area contributed by atoms with E-state index < -0.39 is 12.1 Å². The van der Waals surface area contributed by atoms with E-state index in [1.165, 1.54) is 12.7 Å². The smallest absolute Gasteiger partial charge is 0.251 e. The minimum Gasteiger partial charge on any atom is -0.493 e. The lowest BCUT2D eigenvalue weighted by Crippen LogP contribution is -2.52. The third kappa shape index (κ3) is 4.68. The molecular weight excluding hydrogens is 372 g/mol. The number of ether oxygens (including phenoxy) is 3. The maximum absolute atomic E-state index is 12.9. The molecule has 1 aliphatic rings. The maximum Gasteiger partial charge on any atom is 0.251 e. The molecule has 2 aromatic carbocycles. The number of benzene rings is 2. The van der Waals surface area contributed by atoms with Gasteiger partial charge in [0.15, 0.2) is 17.6 Å². The fraction of sp³-hybridized carbons (Fsp3) is 0.364. The van der Waals surface area contributed by atoms with Gasteiger partial charge >= 0.3 is 0 Å². The van der Waals surface area contributed by atoms with E-state index in [0.717, 1.165) is 11.1 Å². The number of hydrogen-bond acceptors (Lipinski definition) is 5. The van der Waals surface area contributed by atoms with E-state index >= 15 is 0 Å². The highest BCUT2D eigenvalue weighted by Gasteiger charge is 2.36. The molecule has 0 unspecified atom stereocenters. The molecule has 154 valence electrons. The molecule has 29 heavy (non-hydrogen) atoms. The number of nitrogens with one attached hydrogen (secondary N) is 2. The molecule has 2 aromatic rings. The lowest BCUT2D eigenvalue weighted by molar-refractivity contribution is -0.148. The Morgan fingerprint density at radius 1 is 1.14 bits per heavy atom. The van der Waals surface area contributed by atoms with Crippen molar-refractivity contribution in [2.75, 3.05) is 20.8 Å². The number of methoxy groups -OCH3 is 2. The van der Waals surface area contributed by atoms with Crippen molar-refractivity contribution >= 4 is 11.8 Å². The quantitative estimate of drug-likeness (QED) is 0.779. The van der Waals surface area contributed by atoms with Crippen molar-refractivity contribution in [2.45, 2.75) is 32.5 Å². The summed E-state index contributed by atoms with van der Waals surface area (Å²) in [7, 11) is 3.08. The summed E-state index contributed by atoms with van der Waals surface area (Å²) < 4.78 is 16.2. The second-order valence-corrected chi connectivity index (χ2v) is 7.04. The molecule has 0 radical (unpaired) electrons. The second kappa shape index (κ2) is 8.96. The molecule has 2 N–H and O–H groups in total. The van der Waals surface area contributed by atoms with Crippen molar-refractivity contribution in [3.05, 3.63) is 58.7 Å². The lowest BCUT2D eigenvalue weighted by Gasteiger charge is -2.32. The monoisotopic (exact) mass is 398 g/mol. The van der Waals surface area contributed by atoms with E-state index in [2.05, 4.69) is 16.7 Å². The molecule has 3 rings (SSSR count). The predicted molar refractivity (Wildman–Crippen MR) is 108 cm³/mol. The summed E-state index contributed by atoms with van der Waals surface area (Å²) in [5.74, 6) is 0.516. The lowest BCUT2D eigenvalue weighted by atomic mass is 9.98. The van der Waals surface area contributed by atoms with Crippen LogP contribution in [0.3, 0.4) is 0 Å². The SMILES string of the molecule is COc1ccc([C@H]2NC(=O)CO[C@@H]2C(=O)NCc2ccc(C)cc2C)cc1OC. The number of carbonyl (C=O) groups excluding carboxylic acids is 2. The van der Waals surface area contributed by atoms with Crippen molar-refractivity contribution < 1.29 is 23.8 Å². The average molecular weight is 398 g/mol. The van der Waals surface area contributed by atoms with Crippen LogP contribution in [0.1, 0.15) is 28.3 Å². The summed E-state index contributed by atoms with van der Waals surface area (Å²) in [6, 6.07) is 10.7. The zero-order valence-corrected chi connectivity index (χ0v) is 17.1. The van der Waals surface area contributed by atoms with E-state index in [9.17, 15) is 9.59 Å². The number of morpholine rings is 1. The van der Waals surface area contributed by atoms with Crippen molar-refractivity contribution in [1.82, 2.24) is 10.6 Å². The van der Waals surface area contributed by atoms with Crippen LogP contribution in [0.25, 0.3) is 0 Å². The molecule has 7 heteroatoms. The van der Waals surface area contributed by atoms with Crippen molar-refractivity contribution in [2.24, 2.45) is 0 Å². The van der Waals surface area contributed by atoms with Crippen molar-refractivity contribution in [3.63, 3.8) is 0 Å². The molecule has 0 aliphatic carbocycles. The van der Waals surface area contributed by atoms with Crippen LogP contribution in [-0.4, -0.2) is 38.7 Å². The normalized spacial score (nSPS) is 18.7. The number of hydrogen-bond donors (Lipinski definition) is 2. The molecule has 0 bridgehead atoms. The minimum absolute atomic E-state index is 0.161. The molecular formula is C22H26N2O5. The van der Waals surface area contributed by atoms with Gasteiger partial charge in [0, 0.05) is 6.54 Å². The van der Waals surface area contributed by atoms with E-state index in [1.807, 2.05) is 26.0 Å². The van der Waals surface area contributed by atoms with Crippen molar-refractivity contribution in [3.8, 4) is 11.5 Å². The van der Waals surface area contributed by atoms with Crippen LogP contribution >= 0.6 is 0 Å². The van der Waals surface area contributed by atoms with Crippen LogP contribution in [0, 0.1) is 13.8 Å². The summed E-state index contributed by atoms with van der Waals surface area (Å²) in [6.07, 6.45) is -0.850. The fourth-order valence-electron chi connectivity index (χ4n) is 3.41. The molecule has 1 aliphatic heterocycles. The third-order valence-electron chi connectivity index (χ3n) is 4.99. The first kappa shape index (κ1) is 20.7. The number of rotatable bonds is 6. The van der Waals surface area contributed by atoms with Crippen LogP contribution in [0.4, 0.5) is 0 Å². The molecule has 7 nitrogen and oxygen atoms in total. The second-order valence-electron chi connectivity index (χ2n) is 7.04. The Hall–Kier alpha value is -3.06. The first-order valence-corrected chi connectivity index (χ1v) is 9.39. The topological polar surface area (TPSA) is 85.9 Å². The van der Waals surface area contributed by atoms with Gasteiger partial charge in [0.05, 0.1) is 20.3 Å². The van der Waals surface area contributed by atoms with Crippen LogP contribution in [-0.2, 0) is 20.9 Å². The summed E-state index contributed by atoms with van der Waals surface area (Å²) in [5, 5.41) is 5.77. The van der Waals surface area contributed by atoms with Crippen LogP contribution in [0.5, 0.6) is 11.5 Å². The predicted octanol–water partition coefficient (Wildman–Crippen LogP) is 2.19. The Morgan fingerprint density at radius 2 is 1.90 bits per heavy atom. The Morgan fingerprint density at radius 3 is 2.59 bits per heavy atom. The Balaban J connectivity index is 1.78. The van der Waals surface area contributed by atoms with Gasteiger partial charge in [-0.15, -0.1) is 0 Å². The first-order chi connectivity index (χ1) is 13.9. The van der Waals surface area contributed by atoms with Gasteiger partial charge in [-0.1, -0.05) is 29.8 Å². The van der Waals surface area contributed by atoms with E-state index in [1.54, 1.807) is 25.3 Å². The van der Waals surface area contributed by atoms with Crippen molar-refractivity contribution in [1.29, 1.82) is 0 Å². The standard InChI is InChI=1S/C22H26N2O5/c1-13-5-6-16(14(2)9-13)11-23-22(26)21-20(24-19(25)12-29-21)15-7-8-17(27-3)18(10-15)28-4/h5-10,20-21H,11-12H2,1-4H3,(H,23,26)(H,24,25)/t20-,21+/m1/s1. The summed E-state index contributed by atoms with van der Waals surface area (Å²) in [5.41, 5.74) is 4.01. The molecule has 2 amide bonds. The highest BCUT2D eigenvalue weighted by Crippen LogP contribution is 2.32. The molecule has 2 atom stereocenters. The summed E-state index contributed by atoms with van der Waals surface area (Å²) >= 11 is 0. The molecule has 1 saturated heterocycles. The Bertz CT molecular complexity index is 912. The van der Waals surface area contributed by atoms with E-state index in [-0.39, 0.29) is 18.4 Å². The summed E-state index contributed by atoms with van der Waals surface area (Å²) in [4.78, 5) is 24.8. The average Bonchev–Trinajstić information content (AvgIpc) is 2.72. The molecule has 1 fully saturated rings. The third-order valence-corrected chi connectivity index (χ3v) is 4.99. The van der Waals surface area contributed by atoms with Gasteiger partial charge in [0.1, 0.15) is 6.61 Å². The highest BCUT2D eigenvalue weighted by atomic mass is 16.5. The maximum atomic E-state index is 12.9. The summed E-state index contributed by atoms with van der Waals surface area (Å²) in [6.45, 7) is 4.27. The Kier molecular flexibility index (Phi) is 6.39. The van der Waals surface area contributed by atoms with E-state index in [0.29, 0.717) is 23.6 Å². The van der Waals surface area contributed by atoms with Gasteiger partial charge < -0.3 is 24.8 Å². The van der Waals surface area contributed by atoms with Gasteiger partial charge in [-0.3, -0.25) is 9.59 Å². The number of amides is 2. The highest BCUT2D eigenvalue weighted by molar-refractivity contribution is 5.86. The van der Waals surface area contributed by atoms with Gasteiger partial charge in [-0.2, -0.15) is 0 Å². The van der Waals surface area contributed by atoms with Crippen LogP contribution in [0.15, 0.2) is 36.4 Å². The molecule has 1 heterocycles. The first-order valence-electron chi connectivity index (χ1n) is 9.39. The minimum atomic E-state index is -0.850. The van der Waals surface area contributed by atoms with Gasteiger partial charge in [0.25, 0.3) is 5.91 Å². The van der Waals surface area contributed by atoms with E-state index in [4.69, 9.17) is 14.2 Å². The van der Waals surface area contributed by atoms with Gasteiger partial charge in [-0.05, 0) is 42.7 Å². The van der Waals surface area contributed by atoms with Crippen LogP contribution < -0.4 is 20.1 Å². The molecule has 0 aromatic heterocycles. The van der Waals surface area contributed by atoms with Gasteiger partial charge in [0.2, 0.25) is 5.91 Å². The largest absolute Gasteiger partial charge is 0.493 e. The van der Waals surface area contributed by atoms with Gasteiger partial charge in [-0.25, -0.2) is 0 Å². The fourth-order valence-corrected chi connectivity index (χ4v) is 3.41. The Labute approximate surface area is 170 Å². The number of aryl methyl sites for hydroxylation is 2. The number of carbonyl (C=O) groups is 2. The van der Waals surface area contributed by atoms with Crippen LogP contribution in [0.2, 0.25) is 0 Å². The molecule has 0 saturated carbocycles.